The van der Waals surface area contributed by atoms with E-state index in [0.717, 1.165) is 16.9 Å². The van der Waals surface area contributed by atoms with Gasteiger partial charge in [-0.2, -0.15) is 0 Å². The zero-order valence-electron chi connectivity index (χ0n) is 10.1. The highest BCUT2D eigenvalue weighted by atomic mass is 35.5. The molecule has 0 bridgehead atoms. The molecule has 0 aliphatic heterocycles. The van der Waals surface area contributed by atoms with Crippen LogP contribution in [0.5, 0.6) is 0 Å². The molecule has 0 spiro atoms. The quantitative estimate of drug-likeness (QED) is 0.709. The Morgan fingerprint density at radius 2 is 1.90 bits per heavy atom. The van der Waals surface area contributed by atoms with Gasteiger partial charge in [0.2, 0.25) is 0 Å². The Morgan fingerprint density at radius 1 is 1.20 bits per heavy atom. The molecule has 0 N–H and O–H groups in total. The smallest absolute Gasteiger partial charge is 0.177 e. The van der Waals surface area contributed by atoms with Gasteiger partial charge in [0.25, 0.3) is 0 Å². The van der Waals surface area contributed by atoms with Crippen molar-refractivity contribution in [3.8, 4) is 0 Å². The fourth-order valence-corrected chi connectivity index (χ4v) is 4.52. The fourth-order valence-electron chi connectivity index (χ4n) is 1.59. The van der Waals surface area contributed by atoms with Crippen LogP contribution in [0.4, 0.5) is 0 Å². The van der Waals surface area contributed by atoms with Crippen molar-refractivity contribution in [3.63, 3.8) is 0 Å². The molecule has 1 aromatic heterocycles. The molecule has 0 amide bonds. The van der Waals surface area contributed by atoms with Gasteiger partial charge < -0.3 is 0 Å². The minimum atomic E-state index is -1.34. The summed E-state index contributed by atoms with van der Waals surface area (Å²) in [6.07, 6.45) is 0. The molecule has 2 aromatic rings. The van der Waals surface area contributed by atoms with E-state index in [1.165, 1.54) is 6.07 Å². The molecule has 20 heavy (non-hydrogen) atoms. The first-order valence-electron chi connectivity index (χ1n) is 5.54. The molecule has 7 heteroatoms. The summed E-state index contributed by atoms with van der Waals surface area (Å²) >= 11 is 18.8. The predicted octanol–water partition coefficient (Wildman–Crippen LogP) is 4.84. The van der Waals surface area contributed by atoms with Crippen LogP contribution in [0.25, 0.3) is 0 Å². The number of carbonyl (C=O) groups excluding carboxylic acids is 1. The van der Waals surface area contributed by atoms with E-state index in [4.69, 9.17) is 34.8 Å². The van der Waals surface area contributed by atoms with E-state index in [1.807, 2.05) is 6.07 Å². The van der Waals surface area contributed by atoms with Crippen molar-refractivity contribution in [2.45, 2.75) is 5.75 Å². The fraction of sp³-hybridized carbons (Fsp3) is 0.154. The summed E-state index contributed by atoms with van der Waals surface area (Å²) in [4.78, 5) is 12.0. The van der Waals surface area contributed by atoms with E-state index in [0.29, 0.717) is 19.3 Å². The van der Waals surface area contributed by atoms with Crippen molar-refractivity contribution in [2.24, 2.45) is 0 Å². The molecule has 2 rings (SSSR count). The number of halogens is 3. The maximum atomic E-state index is 12.0. The molecule has 1 unspecified atom stereocenters. The topological polar surface area (TPSA) is 34.1 Å². The Morgan fingerprint density at radius 3 is 2.50 bits per heavy atom. The minimum Gasteiger partial charge on any atom is -0.293 e. The number of hydrogen-bond donors (Lipinski definition) is 0. The summed E-state index contributed by atoms with van der Waals surface area (Å²) in [5.74, 6) is -0.137. The molecule has 1 atom stereocenters. The van der Waals surface area contributed by atoms with E-state index in [1.54, 1.807) is 18.2 Å². The minimum absolute atomic E-state index is 0.0992. The summed E-state index contributed by atoms with van der Waals surface area (Å²) in [7, 11) is -1.34. The monoisotopic (exact) mass is 366 g/mol. The summed E-state index contributed by atoms with van der Waals surface area (Å²) in [5.41, 5.74) is 1.09. The lowest BCUT2D eigenvalue weighted by Gasteiger charge is -2.04. The third-order valence-electron chi connectivity index (χ3n) is 2.52. The van der Waals surface area contributed by atoms with Crippen LogP contribution in [0.1, 0.15) is 15.9 Å². The first-order chi connectivity index (χ1) is 9.47. The van der Waals surface area contributed by atoms with E-state index in [-0.39, 0.29) is 17.3 Å². The number of thiophene rings is 1. The average molecular weight is 368 g/mol. The Hall–Kier alpha value is -0.390. The second-order valence-corrected chi connectivity index (χ2v) is 8.13. The van der Waals surface area contributed by atoms with Gasteiger partial charge in [0, 0.05) is 21.4 Å². The predicted molar refractivity (Wildman–Crippen MR) is 86.8 cm³/mol. The van der Waals surface area contributed by atoms with Gasteiger partial charge in [-0.3, -0.25) is 9.00 Å². The molecule has 1 heterocycles. The normalized spacial score (nSPS) is 12.3. The summed E-state index contributed by atoms with van der Waals surface area (Å²) < 4.78 is 12.8. The zero-order valence-corrected chi connectivity index (χ0v) is 14.0. The second-order valence-electron chi connectivity index (χ2n) is 3.98. The molecule has 0 saturated heterocycles. The maximum Gasteiger partial charge on any atom is 0.177 e. The summed E-state index contributed by atoms with van der Waals surface area (Å²) in [5, 5.41) is 0.546. The van der Waals surface area contributed by atoms with Gasteiger partial charge in [-0.05, 0) is 17.7 Å². The Kier molecular flexibility index (Phi) is 5.64. The molecule has 0 radical (unpaired) electrons. The van der Waals surface area contributed by atoms with Crippen molar-refractivity contribution in [1.82, 2.24) is 0 Å². The summed E-state index contributed by atoms with van der Waals surface area (Å²) in [6.45, 7) is 0. The van der Waals surface area contributed by atoms with Gasteiger partial charge in [0.1, 0.15) is 4.34 Å². The molecule has 0 aliphatic rings. The van der Waals surface area contributed by atoms with Crippen molar-refractivity contribution in [2.75, 3.05) is 5.75 Å². The molecular formula is C13H9Cl3O2S2. The average Bonchev–Trinajstić information content (AvgIpc) is 2.71. The highest BCUT2D eigenvalue weighted by Crippen LogP contribution is 2.31. The Labute approximate surface area is 138 Å². The third-order valence-corrected chi connectivity index (χ3v) is 5.60. The number of hydrogen-bond acceptors (Lipinski definition) is 3. The summed E-state index contributed by atoms with van der Waals surface area (Å²) in [6, 6.07) is 8.64. The molecule has 106 valence electrons. The molecule has 0 aliphatic carbocycles. The standard InChI is InChI=1S/C13H9Cl3O2S2/c14-10-4-2-1-3-8(10)6-20(18)7-11(17)9-5-12(15)19-13(9)16/h1-5H,6-7H2. The van der Waals surface area contributed by atoms with E-state index in [9.17, 15) is 9.00 Å². The van der Waals surface area contributed by atoms with Gasteiger partial charge in [-0.15, -0.1) is 11.3 Å². The van der Waals surface area contributed by atoms with E-state index < -0.39 is 10.8 Å². The number of carbonyl (C=O) groups is 1. The maximum absolute atomic E-state index is 12.0. The largest absolute Gasteiger partial charge is 0.293 e. The van der Waals surface area contributed by atoms with Gasteiger partial charge in [0.15, 0.2) is 5.78 Å². The Bertz CT molecular complexity index is 667. The molecular weight excluding hydrogens is 359 g/mol. The highest BCUT2D eigenvalue weighted by molar-refractivity contribution is 7.85. The van der Waals surface area contributed by atoms with Crippen LogP contribution in [-0.2, 0) is 16.6 Å². The number of rotatable bonds is 5. The molecule has 0 saturated carbocycles. The molecule has 2 nitrogen and oxygen atoms in total. The van der Waals surface area contributed by atoms with Crippen molar-refractivity contribution < 1.29 is 9.00 Å². The first kappa shape index (κ1) is 16.0. The Balaban J connectivity index is 2.03. The van der Waals surface area contributed by atoms with Gasteiger partial charge in [0.05, 0.1) is 15.8 Å². The van der Waals surface area contributed by atoms with E-state index in [2.05, 4.69) is 0 Å². The first-order valence-corrected chi connectivity index (χ1v) is 8.97. The van der Waals surface area contributed by atoms with Crippen LogP contribution in [0.2, 0.25) is 13.7 Å². The number of benzene rings is 1. The molecule has 1 aromatic carbocycles. The van der Waals surface area contributed by atoms with E-state index >= 15 is 0 Å². The van der Waals surface area contributed by atoms with Crippen LogP contribution in [0.3, 0.4) is 0 Å². The van der Waals surface area contributed by atoms with Crippen molar-refractivity contribution >= 4 is 62.7 Å². The van der Waals surface area contributed by atoms with Crippen molar-refractivity contribution in [1.29, 1.82) is 0 Å². The van der Waals surface area contributed by atoms with Gasteiger partial charge in [-0.25, -0.2) is 0 Å². The zero-order chi connectivity index (χ0) is 14.7. The van der Waals surface area contributed by atoms with Gasteiger partial charge in [-0.1, -0.05) is 53.0 Å². The van der Waals surface area contributed by atoms with Crippen LogP contribution < -0.4 is 0 Å². The lowest BCUT2D eigenvalue weighted by molar-refractivity contribution is 0.102. The number of ketones is 1. The SMILES string of the molecule is O=C(CS(=O)Cc1ccccc1Cl)c1cc(Cl)sc1Cl. The number of Topliss-reactive ketones (excluding diaryl/α,β-unsaturated/α-hetero) is 1. The third kappa shape index (κ3) is 4.06. The second kappa shape index (κ2) is 7.05. The van der Waals surface area contributed by atoms with Crippen LogP contribution >= 0.6 is 46.1 Å². The molecule has 0 fully saturated rings. The van der Waals surface area contributed by atoms with Gasteiger partial charge >= 0.3 is 0 Å². The van der Waals surface area contributed by atoms with Crippen LogP contribution in [0.15, 0.2) is 30.3 Å². The highest BCUT2D eigenvalue weighted by Gasteiger charge is 2.17. The lowest BCUT2D eigenvalue weighted by atomic mass is 10.2. The van der Waals surface area contributed by atoms with Crippen LogP contribution in [0, 0.1) is 0 Å². The van der Waals surface area contributed by atoms with Crippen LogP contribution in [-0.4, -0.2) is 15.7 Å². The lowest BCUT2D eigenvalue weighted by Crippen LogP contribution is -2.12. The van der Waals surface area contributed by atoms with Crippen molar-refractivity contribution in [3.05, 3.63) is 55.2 Å².